The van der Waals surface area contributed by atoms with Crippen molar-refractivity contribution in [2.45, 2.75) is 90.0 Å². The Labute approximate surface area is 188 Å². The minimum atomic E-state index is -0.906. The summed E-state index contributed by atoms with van der Waals surface area (Å²) in [7, 11) is 0. The van der Waals surface area contributed by atoms with Gasteiger partial charge in [0.1, 0.15) is 30.0 Å². The summed E-state index contributed by atoms with van der Waals surface area (Å²) >= 11 is 0. The minimum absolute atomic E-state index is 0.221. The van der Waals surface area contributed by atoms with E-state index < -0.39 is 59.9 Å². The third-order valence-electron chi connectivity index (χ3n) is 6.51. The lowest BCUT2D eigenvalue weighted by Gasteiger charge is -2.28. The first-order valence-electron chi connectivity index (χ1n) is 10.9. The molecule has 2 heterocycles. The number of aliphatic hydroxyl groups is 1. The van der Waals surface area contributed by atoms with Gasteiger partial charge in [-0.05, 0) is 32.8 Å². The summed E-state index contributed by atoms with van der Waals surface area (Å²) in [6, 6.07) is 0. The van der Waals surface area contributed by atoms with E-state index in [9.17, 15) is 19.5 Å². The predicted molar refractivity (Wildman–Crippen MR) is 114 cm³/mol. The topological polar surface area (TPSA) is 112 Å². The van der Waals surface area contributed by atoms with Crippen LogP contribution in [0.5, 0.6) is 0 Å². The monoisotopic (exact) mass is 448 g/mol. The van der Waals surface area contributed by atoms with E-state index in [1.807, 2.05) is 26.0 Å². The second-order valence-electron chi connectivity index (χ2n) is 9.08. The highest BCUT2D eigenvalue weighted by Gasteiger charge is 2.67. The molecule has 0 radical (unpaired) electrons. The van der Waals surface area contributed by atoms with Gasteiger partial charge in [0.25, 0.3) is 0 Å². The summed E-state index contributed by atoms with van der Waals surface area (Å²) in [6.45, 7) is 12.0. The van der Waals surface area contributed by atoms with E-state index in [0.717, 1.165) is 11.1 Å². The van der Waals surface area contributed by atoms with Crippen molar-refractivity contribution in [1.82, 2.24) is 0 Å². The molecular weight excluding hydrogens is 416 g/mol. The SMILES string of the molecule is C=C1C(=O)OC2C1C(OC(C)=O)CC(C)=CCC(O)C(C)=CCC(OC(C)=O)C1(C)OC21. The molecule has 0 amide bonds. The number of hydrogen-bond acceptors (Lipinski definition) is 8. The van der Waals surface area contributed by atoms with Crippen molar-refractivity contribution in [3.05, 3.63) is 35.5 Å². The van der Waals surface area contributed by atoms with Gasteiger partial charge in [-0.1, -0.05) is 24.3 Å². The van der Waals surface area contributed by atoms with Crippen LogP contribution in [0.4, 0.5) is 0 Å². The lowest BCUT2D eigenvalue weighted by molar-refractivity contribution is -0.151. The molecule has 0 aromatic heterocycles. The molecule has 0 bridgehead atoms. The van der Waals surface area contributed by atoms with Gasteiger partial charge < -0.3 is 24.1 Å². The van der Waals surface area contributed by atoms with Crippen LogP contribution in [0, 0.1) is 5.92 Å². The highest BCUT2D eigenvalue weighted by atomic mass is 16.7. The molecule has 1 N–H and O–H groups in total. The maximum absolute atomic E-state index is 12.4. The molecule has 8 nitrogen and oxygen atoms in total. The van der Waals surface area contributed by atoms with Gasteiger partial charge in [0.2, 0.25) is 0 Å². The zero-order valence-electron chi connectivity index (χ0n) is 19.3. The Kier molecular flexibility index (Phi) is 6.95. The molecule has 7 atom stereocenters. The van der Waals surface area contributed by atoms with Gasteiger partial charge in [-0.25, -0.2) is 4.79 Å². The summed E-state index contributed by atoms with van der Waals surface area (Å²) in [4.78, 5) is 36.1. The third kappa shape index (κ3) is 4.96. The summed E-state index contributed by atoms with van der Waals surface area (Å²) < 4.78 is 22.8. The summed E-state index contributed by atoms with van der Waals surface area (Å²) in [5.41, 5.74) is 0.970. The second kappa shape index (κ2) is 9.19. The van der Waals surface area contributed by atoms with Gasteiger partial charge in [0.15, 0.2) is 0 Å². The van der Waals surface area contributed by atoms with Crippen molar-refractivity contribution >= 4 is 17.9 Å². The molecule has 2 fully saturated rings. The molecule has 8 heteroatoms. The number of carbonyl (C=O) groups excluding carboxylic acids is 3. The Balaban J connectivity index is 2.03. The molecule has 2 saturated heterocycles. The average molecular weight is 449 g/mol. The number of esters is 3. The number of epoxide rings is 1. The number of ether oxygens (including phenoxy) is 4. The summed E-state index contributed by atoms with van der Waals surface area (Å²) in [6.07, 6.45) is 1.45. The molecule has 3 aliphatic rings. The fourth-order valence-corrected chi connectivity index (χ4v) is 4.57. The van der Waals surface area contributed by atoms with Gasteiger partial charge >= 0.3 is 17.9 Å². The third-order valence-corrected chi connectivity index (χ3v) is 6.51. The van der Waals surface area contributed by atoms with Crippen LogP contribution in [-0.4, -0.2) is 59.1 Å². The van der Waals surface area contributed by atoms with Crippen LogP contribution in [0.1, 0.15) is 53.9 Å². The van der Waals surface area contributed by atoms with Crippen molar-refractivity contribution in [1.29, 1.82) is 0 Å². The van der Waals surface area contributed by atoms with E-state index in [4.69, 9.17) is 18.9 Å². The summed E-state index contributed by atoms with van der Waals surface area (Å²) in [5, 5.41) is 10.5. The number of hydrogen-bond donors (Lipinski definition) is 1. The van der Waals surface area contributed by atoms with Crippen LogP contribution in [0.3, 0.4) is 0 Å². The smallest absolute Gasteiger partial charge is 0.334 e. The van der Waals surface area contributed by atoms with E-state index in [1.165, 1.54) is 13.8 Å². The van der Waals surface area contributed by atoms with Gasteiger partial charge in [-0.2, -0.15) is 0 Å². The maximum Gasteiger partial charge on any atom is 0.334 e. The van der Waals surface area contributed by atoms with Crippen molar-refractivity contribution in [2.75, 3.05) is 0 Å². The molecule has 32 heavy (non-hydrogen) atoms. The number of rotatable bonds is 2. The van der Waals surface area contributed by atoms with Crippen molar-refractivity contribution < 1.29 is 38.4 Å². The Morgan fingerprint density at radius 2 is 1.81 bits per heavy atom. The van der Waals surface area contributed by atoms with E-state index in [0.29, 0.717) is 19.3 Å². The molecule has 0 aromatic rings. The molecule has 7 unspecified atom stereocenters. The standard InChI is InChI=1S/C24H32O8/c1-12-7-9-17(27)13(2)8-10-19(30-16(5)26)24(6)22(32-24)21-20(14(3)23(28)31-21)18(11-12)29-15(4)25/h7-8,17-22,27H,3,9-11H2,1-2,4-6H3. The molecule has 176 valence electrons. The fraction of sp³-hybridized carbons (Fsp3) is 0.625. The first kappa shape index (κ1) is 24.2. The van der Waals surface area contributed by atoms with Gasteiger partial charge in [0, 0.05) is 32.3 Å². The van der Waals surface area contributed by atoms with E-state index in [-0.39, 0.29) is 5.57 Å². The van der Waals surface area contributed by atoms with Crippen LogP contribution < -0.4 is 0 Å². The van der Waals surface area contributed by atoms with E-state index in [2.05, 4.69) is 6.58 Å². The Morgan fingerprint density at radius 1 is 1.16 bits per heavy atom. The van der Waals surface area contributed by atoms with Gasteiger partial charge in [-0.15, -0.1) is 0 Å². The molecular formula is C24H32O8. The Hall–Kier alpha value is -2.45. The van der Waals surface area contributed by atoms with Crippen LogP contribution in [0.25, 0.3) is 0 Å². The average Bonchev–Trinajstić information content (AvgIpc) is 3.30. The van der Waals surface area contributed by atoms with Crippen LogP contribution in [-0.2, 0) is 33.3 Å². The number of aliphatic hydroxyl groups excluding tert-OH is 1. The van der Waals surface area contributed by atoms with Crippen LogP contribution in [0.15, 0.2) is 35.5 Å². The van der Waals surface area contributed by atoms with Gasteiger partial charge in [-0.3, -0.25) is 9.59 Å². The second-order valence-corrected chi connectivity index (χ2v) is 9.08. The molecule has 3 rings (SSSR count). The largest absolute Gasteiger partial charge is 0.461 e. The molecule has 0 aromatic carbocycles. The first-order chi connectivity index (χ1) is 14.9. The zero-order valence-corrected chi connectivity index (χ0v) is 19.3. The summed E-state index contributed by atoms with van der Waals surface area (Å²) in [5.74, 6) is -2.11. The van der Waals surface area contributed by atoms with Crippen molar-refractivity contribution in [3.63, 3.8) is 0 Å². The molecule has 0 saturated carbocycles. The molecule has 1 aliphatic carbocycles. The lowest BCUT2D eigenvalue weighted by atomic mass is 9.82. The highest BCUT2D eigenvalue weighted by Crippen LogP contribution is 2.50. The highest BCUT2D eigenvalue weighted by molar-refractivity contribution is 5.91. The zero-order chi connectivity index (χ0) is 23.8. The Morgan fingerprint density at radius 3 is 2.44 bits per heavy atom. The van der Waals surface area contributed by atoms with E-state index in [1.54, 1.807) is 6.92 Å². The van der Waals surface area contributed by atoms with E-state index >= 15 is 0 Å². The molecule has 2 aliphatic heterocycles. The predicted octanol–water partition coefficient (Wildman–Crippen LogP) is 2.54. The van der Waals surface area contributed by atoms with Crippen LogP contribution >= 0.6 is 0 Å². The number of fused-ring (bicyclic) bond motifs is 3. The van der Waals surface area contributed by atoms with Gasteiger partial charge in [0.05, 0.1) is 12.0 Å². The first-order valence-corrected chi connectivity index (χ1v) is 10.9. The maximum atomic E-state index is 12.4. The van der Waals surface area contributed by atoms with Crippen molar-refractivity contribution in [2.24, 2.45) is 5.92 Å². The quantitative estimate of drug-likeness (QED) is 0.226. The number of carbonyl (C=O) groups is 3. The van der Waals surface area contributed by atoms with Crippen LogP contribution in [0.2, 0.25) is 0 Å². The fourth-order valence-electron chi connectivity index (χ4n) is 4.57. The van der Waals surface area contributed by atoms with Crippen molar-refractivity contribution in [3.8, 4) is 0 Å². The minimum Gasteiger partial charge on any atom is -0.461 e. The lowest BCUT2D eigenvalue weighted by Crippen LogP contribution is -2.41. The Bertz CT molecular complexity index is 871. The normalized spacial score (nSPS) is 37.7. The molecule has 0 spiro atoms.